The molecule has 0 saturated carbocycles. The van der Waals surface area contributed by atoms with Crippen LogP contribution in [0.4, 0.5) is 15.8 Å². The van der Waals surface area contributed by atoms with Gasteiger partial charge in [-0.2, -0.15) is 4.72 Å². The van der Waals surface area contributed by atoms with E-state index in [0.717, 1.165) is 5.56 Å². The third kappa shape index (κ3) is 5.48. The molecule has 9 heteroatoms. The largest absolute Gasteiger partial charge is 0.326 e. The lowest BCUT2D eigenvalue weighted by atomic mass is 10.0. The van der Waals surface area contributed by atoms with Crippen LogP contribution in [0.2, 0.25) is 0 Å². The van der Waals surface area contributed by atoms with Crippen LogP contribution in [0.15, 0.2) is 41.3 Å². The minimum Gasteiger partial charge on any atom is -0.326 e. The lowest BCUT2D eigenvalue weighted by Crippen LogP contribution is -2.47. The predicted molar refractivity (Wildman–Crippen MR) is 117 cm³/mol. The number of benzene rings is 2. The molecule has 0 saturated heterocycles. The molecule has 1 aliphatic heterocycles. The van der Waals surface area contributed by atoms with Gasteiger partial charge in [-0.3, -0.25) is 9.59 Å². The summed E-state index contributed by atoms with van der Waals surface area (Å²) in [6.45, 7) is 5.12. The molecule has 1 atom stereocenters. The number of halogens is 1. The molecular formula is C22H26FN3O4S. The maximum atomic E-state index is 13.3. The first-order valence-electron chi connectivity index (χ1n) is 10.1. The fourth-order valence-electron chi connectivity index (χ4n) is 3.42. The minimum atomic E-state index is -4.00. The Labute approximate surface area is 181 Å². The van der Waals surface area contributed by atoms with Gasteiger partial charge in [0.25, 0.3) is 0 Å². The zero-order valence-corrected chi connectivity index (χ0v) is 18.5. The van der Waals surface area contributed by atoms with Crippen LogP contribution in [0.25, 0.3) is 0 Å². The van der Waals surface area contributed by atoms with Crippen LogP contribution in [-0.4, -0.2) is 26.3 Å². The molecule has 2 aromatic rings. The number of aryl methyl sites for hydroxylation is 2. The molecule has 0 aromatic heterocycles. The van der Waals surface area contributed by atoms with Gasteiger partial charge in [-0.1, -0.05) is 13.8 Å². The van der Waals surface area contributed by atoms with Gasteiger partial charge in [0.05, 0.1) is 4.90 Å². The summed E-state index contributed by atoms with van der Waals surface area (Å²) in [6.07, 6.45) is 1.59. The molecule has 1 heterocycles. The molecule has 3 rings (SSSR count). The van der Waals surface area contributed by atoms with Crippen molar-refractivity contribution >= 4 is 33.2 Å². The molecule has 7 nitrogen and oxygen atoms in total. The van der Waals surface area contributed by atoms with Gasteiger partial charge in [0.15, 0.2) is 0 Å². The van der Waals surface area contributed by atoms with Gasteiger partial charge >= 0.3 is 0 Å². The summed E-state index contributed by atoms with van der Waals surface area (Å²) in [5, 5.41) is 5.45. The summed E-state index contributed by atoms with van der Waals surface area (Å²) in [7, 11) is -4.00. The van der Waals surface area contributed by atoms with Crippen molar-refractivity contribution in [2.24, 2.45) is 5.92 Å². The van der Waals surface area contributed by atoms with E-state index in [0.29, 0.717) is 36.2 Å². The summed E-state index contributed by atoms with van der Waals surface area (Å²) < 4.78 is 41.9. The standard InChI is InChI=1S/C22H26FN3O4S/c1-13(2)21(22(28)25-18-9-7-16(23)11-14(18)3)26-31(29,30)17-8-10-19-15(12-17)5-4-6-20(27)24-19/h7-13,21,26H,4-6H2,1-3H3,(H,24,27)(H,25,28). The van der Waals surface area contributed by atoms with Crippen LogP contribution in [0.1, 0.15) is 37.8 Å². The third-order valence-corrected chi connectivity index (χ3v) is 6.63. The molecule has 2 amide bonds. The summed E-state index contributed by atoms with van der Waals surface area (Å²) in [5.41, 5.74) is 2.29. The van der Waals surface area contributed by atoms with Crippen molar-refractivity contribution in [1.82, 2.24) is 4.72 Å². The van der Waals surface area contributed by atoms with Gasteiger partial charge in [0, 0.05) is 17.8 Å². The summed E-state index contributed by atoms with van der Waals surface area (Å²) in [5.74, 6) is -1.39. The van der Waals surface area contributed by atoms with E-state index < -0.39 is 27.8 Å². The van der Waals surface area contributed by atoms with Crippen LogP contribution in [0.5, 0.6) is 0 Å². The average Bonchev–Trinajstić information content (AvgIpc) is 2.87. The number of anilines is 2. The summed E-state index contributed by atoms with van der Waals surface area (Å²) in [6, 6.07) is 7.43. The zero-order valence-electron chi connectivity index (χ0n) is 17.7. The molecule has 0 radical (unpaired) electrons. The maximum Gasteiger partial charge on any atom is 0.242 e. The molecule has 1 aliphatic rings. The van der Waals surface area contributed by atoms with E-state index in [1.54, 1.807) is 26.8 Å². The van der Waals surface area contributed by atoms with Crippen molar-refractivity contribution in [2.45, 2.75) is 51.0 Å². The molecule has 1 unspecified atom stereocenters. The highest BCUT2D eigenvalue weighted by molar-refractivity contribution is 7.89. The molecular weight excluding hydrogens is 421 g/mol. The van der Waals surface area contributed by atoms with Crippen LogP contribution in [-0.2, 0) is 26.0 Å². The number of sulfonamides is 1. The van der Waals surface area contributed by atoms with Gasteiger partial charge in [-0.25, -0.2) is 12.8 Å². The number of carbonyl (C=O) groups is 2. The number of rotatable bonds is 6. The van der Waals surface area contributed by atoms with E-state index in [1.165, 1.54) is 30.3 Å². The SMILES string of the molecule is Cc1cc(F)ccc1NC(=O)C(NS(=O)(=O)c1ccc2c(c1)CCCC(=O)N2)C(C)C. The molecule has 2 aromatic carbocycles. The summed E-state index contributed by atoms with van der Waals surface area (Å²) in [4.78, 5) is 24.6. The minimum absolute atomic E-state index is 0.0267. The Morgan fingerprint density at radius 2 is 1.87 bits per heavy atom. The Balaban J connectivity index is 1.82. The van der Waals surface area contributed by atoms with Gasteiger partial charge in [0.1, 0.15) is 11.9 Å². The topological polar surface area (TPSA) is 104 Å². The van der Waals surface area contributed by atoms with E-state index in [1.807, 2.05) is 0 Å². The number of fused-ring (bicyclic) bond motifs is 1. The molecule has 0 bridgehead atoms. The number of nitrogens with one attached hydrogen (secondary N) is 3. The second-order valence-electron chi connectivity index (χ2n) is 8.01. The quantitative estimate of drug-likeness (QED) is 0.632. The smallest absolute Gasteiger partial charge is 0.242 e. The molecule has 166 valence electrons. The second kappa shape index (κ2) is 9.15. The zero-order chi connectivity index (χ0) is 22.8. The van der Waals surface area contributed by atoms with Gasteiger partial charge in [-0.15, -0.1) is 0 Å². The van der Waals surface area contributed by atoms with E-state index in [-0.39, 0.29) is 16.7 Å². The molecule has 0 spiro atoms. The van der Waals surface area contributed by atoms with Crippen LogP contribution in [0.3, 0.4) is 0 Å². The van der Waals surface area contributed by atoms with Gasteiger partial charge in [-0.05, 0) is 73.2 Å². The van der Waals surface area contributed by atoms with Gasteiger partial charge in [0.2, 0.25) is 21.8 Å². The number of amides is 2. The van der Waals surface area contributed by atoms with Crippen LogP contribution in [0, 0.1) is 18.7 Å². The van der Waals surface area contributed by atoms with E-state index >= 15 is 0 Å². The Bertz CT molecular complexity index is 1120. The van der Waals surface area contributed by atoms with Gasteiger partial charge < -0.3 is 10.6 Å². The van der Waals surface area contributed by atoms with Crippen molar-refractivity contribution in [3.8, 4) is 0 Å². The highest BCUT2D eigenvalue weighted by atomic mass is 32.2. The number of hydrogen-bond acceptors (Lipinski definition) is 4. The Kier molecular flexibility index (Phi) is 6.76. The lowest BCUT2D eigenvalue weighted by molar-refractivity contribution is -0.118. The van der Waals surface area contributed by atoms with Crippen molar-refractivity contribution in [3.05, 3.63) is 53.3 Å². The van der Waals surface area contributed by atoms with Crippen LogP contribution >= 0.6 is 0 Å². The first-order valence-corrected chi connectivity index (χ1v) is 11.6. The highest BCUT2D eigenvalue weighted by Gasteiger charge is 2.29. The fraction of sp³-hybridized carbons (Fsp3) is 0.364. The Hall–Kier alpha value is -2.78. The van der Waals surface area contributed by atoms with E-state index in [2.05, 4.69) is 15.4 Å². The van der Waals surface area contributed by atoms with Crippen LogP contribution < -0.4 is 15.4 Å². The first kappa shape index (κ1) is 22.9. The second-order valence-corrected chi connectivity index (χ2v) is 9.73. The Morgan fingerprint density at radius 3 is 2.55 bits per heavy atom. The van der Waals surface area contributed by atoms with Crippen molar-refractivity contribution in [1.29, 1.82) is 0 Å². The van der Waals surface area contributed by atoms with Crippen molar-refractivity contribution < 1.29 is 22.4 Å². The highest BCUT2D eigenvalue weighted by Crippen LogP contribution is 2.26. The first-order chi connectivity index (χ1) is 14.6. The normalized spacial score (nSPS) is 15.1. The molecule has 31 heavy (non-hydrogen) atoms. The molecule has 3 N–H and O–H groups in total. The molecule has 0 aliphatic carbocycles. The Morgan fingerprint density at radius 1 is 1.13 bits per heavy atom. The predicted octanol–water partition coefficient (Wildman–Crippen LogP) is 3.35. The van der Waals surface area contributed by atoms with Crippen molar-refractivity contribution in [2.75, 3.05) is 10.6 Å². The van der Waals surface area contributed by atoms with E-state index in [4.69, 9.17) is 0 Å². The van der Waals surface area contributed by atoms with E-state index in [9.17, 15) is 22.4 Å². The monoisotopic (exact) mass is 447 g/mol. The average molecular weight is 448 g/mol. The van der Waals surface area contributed by atoms with Crippen molar-refractivity contribution in [3.63, 3.8) is 0 Å². The number of carbonyl (C=O) groups excluding carboxylic acids is 2. The summed E-state index contributed by atoms with van der Waals surface area (Å²) >= 11 is 0. The third-order valence-electron chi connectivity index (χ3n) is 5.19. The lowest BCUT2D eigenvalue weighted by Gasteiger charge is -2.22. The maximum absolute atomic E-state index is 13.3. The fourth-order valence-corrected chi connectivity index (χ4v) is 4.82. The molecule has 0 fully saturated rings. The number of hydrogen-bond donors (Lipinski definition) is 3.